The zero-order valence-corrected chi connectivity index (χ0v) is 14.7. The topological polar surface area (TPSA) is 97.4 Å². The van der Waals surface area contributed by atoms with Crippen LogP contribution < -0.4 is 25.4 Å². The number of carbonyl (C=O) groups is 1. The number of aromatic nitrogens is 2. The normalized spacial score (nSPS) is 11.3. The number of hydrogen-bond donors (Lipinski definition) is 3. The first-order valence-electron chi connectivity index (χ1n) is 8.26. The molecule has 0 unspecified atom stereocenters. The molecule has 1 aromatic carbocycles. The minimum absolute atomic E-state index is 0.280. The van der Waals surface area contributed by atoms with Crippen molar-refractivity contribution in [3.05, 3.63) is 54.4 Å². The van der Waals surface area contributed by atoms with E-state index in [0.717, 1.165) is 0 Å². The lowest BCUT2D eigenvalue weighted by atomic mass is 10.1. The second-order valence-corrected chi connectivity index (χ2v) is 5.70. The van der Waals surface area contributed by atoms with Crippen molar-refractivity contribution in [2.24, 2.45) is 0 Å². The summed E-state index contributed by atoms with van der Waals surface area (Å²) in [4.78, 5) is 20.9. The molecular weight excluding hydrogens is 346 g/mol. The summed E-state index contributed by atoms with van der Waals surface area (Å²) in [6.07, 6.45) is 3.16. The number of rotatable bonds is 4. The molecule has 4 rings (SSSR count). The van der Waals surface area contributed by atoms with Gasteiger partial charge in [0.1, 0.15) is 22.9 Å². The molecule has 8 nitrogen and oxygen atoms in total. The Morgan fingerprint density at radius 2 is 2.04 bits per heavy atom. The average Bonchev–Trinajstić information content (AvgIpc) is 2.72. The lowest BCUT2D eigenvalue weighted by Gasteiger charge is -2.26. The van der Waals surface area contributed by atoms with Gasteiger partial charge in [0.15, 0.2) is 17.3 Å². The van der Waals surface area contributed by atoms with Crippen molar-refractivity contribution in [3.8, 4) is 17.2 Å². The van der Waals surface area contributed by atoms with Crippen LogP contribution in [0.1, 0.15) is 10.4 Å². The lowest BCUT2D eigenvalue weighted by molar-refractivity contribution is 0.0963. The second-order valence-electron chi connectivity index (χ2n) is 5.70. The van der Waals surface area contributed by atoms with Crippen LogP contribution in [0.2, 0.25) is 0 Å². The lowest BCUT2D eigenvalue weighted by Crippen LogP contribution is -2.21. The third-order valence-corrected chi connectivity index (χ3v) is 4.09. The minimum Gasteiger partial charge on any atom is -0.494 e. The first-order chi connectivity index (χ1) is 13.2. The Bertz CT molecular complexity index is 1010. The van der Waals surface area contributed by atoms with E-state index in [1.165, 1.54) is 6.20 Å². The SMILES string of the molecule is CNC(=O)c1cnc(Nc2ccccn2)c2c1Nc1c(OC)cccc1O2. The fourth-order valence-electron chi connectivity index (χ4n) is 2.79. The third kappa shape index (κ3) is 2.97. The van der Waals surface area contributed by atoms with Crippen LogP contribution in [0, 0.1) is 0 Å². The Balaban J connectivity index is 1.83. The van der Waals surface area contributed by atoms with Crippen LogP contribution in [0.15, 0.2) is 48.8 Å². The molecule has 1 aliphatic heterocycles. The van der Waals surface area contributed by atoms with Crippen molar-refractivity contribution in [1.82, 2.24) is 15.3 Å². The van der Waals surface area contributed by atoms with Crippen LogP contribution in [-0.4, -0.2) is 30.0 Å². The highest BCUT2D eigenvalue weighted by Crippen LogP contribution is 2.50. The maximum atomic E-state index is 12.3. The summed E-state index contributed by atoms with van der Waals surface area (Å²) in [6.45, 7) is 0. The van der Waals surface area contributed by atoms with Gasteiger partial charge in [-0.2, -0.15) is 0 Å². The van der Waals surface area contributed by atoms with E-state index in [4.69, 9.17) is 9.47 Å². The molecule has 3 N–H and O–H groups in total. The number of pyridine rings is 2. The first-order valence-corrected chi connectivity index (χ1v) is 8.26. The number of para-hydroxylation sites is 1. The van der Waals surface area contributed by atoms with E-state index in [1.54, 1.807) is 20.4 Å². The quantitative estimate of drug-likeness (QED) is 0.511. The van der Waals surface area contributed by atoms with Gasteiger partial charge in [-0.1, -0.05) is 12.1 Å². The summed E-state index contributed by atoms with van der Waals surface area (Å²) in [7, 11) is 3.14. The summed E-state index contributed by atoms with van der Waals surface area (Å²) < 4.78 is 11.5. The van der Waals surface area contributed by atoms with Crippen LogP contribution >= 0.6 is 0 Å². The number of amides is 1. The Morgan fingerprint density at radius 1 is 1.15 bits per heavy atom. The monoisotopic (exact) mass is 363 g/mol. The van der Waals surface area contributed by atoms with Crippen LogP contribution in [-0.2, 0) is 0 Å². The molecule has 1 amide bonds. The zero-order chi connectivity index (χ0) is 18.8. The van der Waals surface area contributed by atoms with Gasteiger partial charge in [-0.25, -0.2) is 9.97 Å². The number of fused-ring (bicyclic) bond motifs is 2. The Hall–Kier alpha value is -3.81. The van der Waals surface area contributed by atoms with E-state index in [0.29, 0.717) is 45.8 Å². The second kappa shape index (κ2) is 6.83. The van der Waals surface area contributed by atoms with Gasteiger partial charge < -0.3 is 25.4 Å². The number of carbonyl (C=O) groups excluding carboxylic acids is 1. The van der Waals surface area contributed by atoms with Crippen LogP contribution in [0.3, 0.4) is 0 Å². The van der Waals surface area contributed by atoms with Gasteiger partial charge in [0.25, 0.3) is 5.91 Å². The molecule has 1 aliphatic rings. The summed E-state index contributed by atoms with van der Waals surface area (Å²) in [5, 5.41) is 9.00. The number of benzene rings is 1. The molecule has 0 spiro atoms. The Morgan fingerprint density at radius 3 is 2.78 bits per heavy atom. The van der Waals surface area contributed by atoms with Crippen molar-refractivity contribution in [1.29, 1.82) is 0 Å². The summed E-state index contributed by atoms with van der Waals surface area (Å²) in [5.74, 6) is 2.36. The fraction of sp³-hybridized carbons (Fsp3) is 0.105. The highest BCUT2D eigenvalue weighted by Gasteiger charge is 2.28. The van der Waals surface area contributed by atoms with E-state index in [2.05, 4.69) is 25.9 Å². The Kier molecular flexibility index (Phi) is 4.21. The third-order valence-electron chi connectivity index (χ3n) is 4.09. The number of methoxy groups -OCH3 is 1. The van der Waals surface area contributed by atoms with Crippen molar-refractivity contribution < 1.29 is 14.3 Å². The molecular formula is C19H17N5O3. The standard InChI is InChI=1S/C19H17N5O3/c1-20-19(25)11-10-22-18(23-14-8-3-4-9-21-14)17-15(11)24-16-12(26-2)6-5-7-13(16)27-17/h3-10,24H,1-2H3,(H,20,25)(H,21,22,23). The minimum atomic E-state index is -0.280. The first kappa shape index (κ1) is 16.6. The molecule has 27 heavy (non-hydrogen) atoms. The van der Waals surface area contributed by atoms with Gasteiger partial charge in [-0.3, -0.25) is 4.79 Å². The van der Waals surface area contributed by atoms with Gasteiger partial charge in [0.2, 0.25) is 0 Å². The molecule has 0 saturated heterocycles. The molecule has 8 heteroatoms. The van der Waals surface area contributed by atoms with Crippen molar-refractivity contribution in [2.75, 3.05) is 24.8 Å². The van der Waals surface area contributed by atoms with Gasteiger partial charge in [-0.15, -0.1) is 0 Å². The molecule has 2 aromatic heterocycles. The molecule has 0 saturated carbocycles. The van der Waals surface area contributed by atoms with Gasteiger partial charge in [-0.05, 0) is 24.3 Å². The van der Waals surface area contributed by atoms with Crippen molar-refractivity contribution in [2.45, 2.75) is 0 Å². The predicted molar refractivity (Wildman–Crippen MR) is 101 cm³/mol. The fourth-order valence-corrected chi connectivity index (χ4v) is 2.79. The number of nitrogens with zero attached hydrogens (tertiary/aromatic N) is 2. The maximum Gasteiger partial charge on any atom is 0.254 e. The van der Waals surface area contributed by atoms with E-state index >= 15 is 0 Å². The van der Waals surface area contributed by atoms with Gasteiger partial charge in [0.05, 0.1) is 12.7 Å². The molecule has 136 valence electrons. The number of ether oxygens (including phenoxy) is 2. The summed E-state index contributed by atoms with van der Waals surface area (Å²) >= 11 is 0. The van der Waals surface area contributed by atoms with E-state index in [-0.39, 0.29) is 5.91 Å². The van der Waals surface area contributed by atoms with Crippen molar-refractivity contribution in [3.63, 3.8) is 0 Å². The van der Waals surface area contributed by atoms with Crippen LogP contribution in [0.25, 0.3) is 0 Å². The molecule has 0 radical (unpaired) electrons. The molecule has 0 aliphatic carbocycles. The van der Waals surface area contributed by atoms with Crippen LogP contribution in [0.4, 0.5) is 23.0 Å². The predicted octanol–water partition coefficient (Wildman–Crippen LogP) is 3.44. The zero-order valence-electron chi connectivity index (χ0n) is 14.7. The van der Waals surface area contributed by atoms with Crippen molar-refractivity contribution >= 4 is 28.9 Å². The molecule has 0 bridgehead atoms. The largest absolute Gasteiger partial charge is 0.494 e. The maximum absolute atomic E-state index is 12.3. The summed E-state index contributed by atoms with van der Waals surface area (Å²) in [5.41, 5.74) is 1.50. The van der Waals surface area contributed by atoms with Gasteiger partial charge in [0, 0.05) is 19.4 Å². The number of nitrogens with one attached hydrogen (secondary N) is 3. The number of anilines is 4. The molecule has 3 heterocycles. The summed E-state index contributed by atoms with van der Waals surface area (Å²) in [6, 6.07) is 10.9. The molecule has 0 atom stereocenters. The van der Waals surface area contributed by atoms with E-state index < -0.39 is 0 Å². The highest BCUT2D eigenvalue weighted by molar-refractivity contribution is 6.03. The van der Waals surface area contributed by atoms with Crippen LogP contribution in [0.5, 0.6) is 17.2 Å². The molecule has 3 aromatic rings. The Labute approximate surface area is 155 Å². The highest BCUT2D eigenvalue weighted by atomic mass is 16.5. The van der Waals surface area contributed by atoms with Gasteiger partial charge >= 0.3 is 0 Å². The van der Waals surface area contributed by atoms with E-state index in [9.17, 15) is 4.79 Å². The smallest absolute Gasteiger partial charge is 0.254 e. The average molecular weight is 363 g/mol. The van der Waals surface area contributed by atoms with E-state index in [1.807, 2.05) is 36.4 Å². The number of hydrogen-bond acceptors (Lipinski definition) is 7. The molecule has 0 fully saturated rings.